The molecular formula is C28H28F6N2O8. The molecule has 0 saturated heterocycles. The van der Waals surface area contributed by atoms with E-state index in [1.807, 2.05) is 0 Å². The Labute approximate surface area is 246 Å². The van der Waals surface area contributed by atoms with E-state index in [9.17, 15) is 35.9 Å². The Balaban J connectivity index is 1.52. The summed E-state index contributed by atoms with van der Waals surface area (Å²) in [6.45, 7) is 2.91. The fraction of sp³-hybridized carbons (Fsp3) is 0.429. The summed E-state index contributed by atoms with van der Waals surface area (Å²) < 4.78 is 113. The highest BCUT2D eigenvalue weighted by molar-refractivity contribution is 5.82. The van der Waals surface area contributed by atoms with Gasteiger partial charge < -0.3 is 39.1 Å². The van der Waals surface area contributed by atoms with Crippen LogP contribution in [0.25, 0.3) is 0 Å². The van der Waals surface area contributed by atoms with Crippen molar-refractivity contribution in [3.63, 3.8) is 0 Å². The van der Waals surface area contributed by atoms with E-state index in [2.05, 4.69) is 10.6 Å². The maximum atomic E-state index is 13.3. The predicted molar refractivity (Wildman–Crippen MR) is 145 cm³/mol. The maximum Gasteiger partial charge on any atom is 0.416 e. The van der Waals surface area contributed by atoms with Gasteiger partial charge in [0.2, 0.25) is 0 Å². The fourth-order valence-electron chi connectivity index (χ4n) is 3.95. The molecule has 1 aliphatic heterocycles. The molecule has 0 saturated carbocycles. The topological polar surface area (TPSA) is 114 Å². The molecule has 16 heteroatoms. The first-order valence-corrected chi connectivity index (χ1v) is 13.3. The van der Waals surface area contributed by atoms with Crippen molar-refractivity contribution in [3.05, 3.63) is 68.0 Å². The second-order valence-corrected chi connectivity index (χ2v) is 9.26. The van der Waals surface area contributed by atoms with E-state index in [0.717, 1.165) is 0 Å². The van der Waals surface area contributed by atoms with Gasteiger partial charge in [0.15, 0.2) is 11.5 Å². The summed E-state index contributed by atoms with van der Waals surface area (Å²) in [5, 5.41) is 4.91. The minimum atomic E-state index is -5.10. The third-order valence-corrected chi connectivity index (χ3v) is 6.07. The van der Waals surface area contributed by atoms with Crippen molar-refractivity contribution in [1.82, 2.24) is 0 Å². The van der Waals surface area contributed by atoms with Crippen LogP contribution in [-0.4, -0.2) is 66.1 Å². The molecule has 3 aromatic rings. The molecule has 10 nitrogen and oxygen atoms in total. The molecular weight excluding hydrogens is 606 g/mol. The standard InChI is InChI=1S/C28H28F6N2O8/c29-27(30,31)17-13-18(28(32,33)34)15-20(14-17)36-24-23(25(37)26(24)38)35-19-1-2-21-22(16-19)44-12-10-42-8-6-40-4-3-39-5-7-41-9-11-43-21/h1-2,13-16,35-36H,3-12H2. The van der Waals surface area contributed by atoms with E-state index in [1.54, 1.807) is 0 Å². The molecule has 0 aliphatic carbocycles. The zero-order valence-corrected chi connectivity index (χ0v) is 23.1. The first-order chi connectivity index (χ1) is 20.9. The molecule has 0 unspecified atom stereocenters. The number of ether oxygens (including phenoxy) is 6. The van der Waals surface area contributed by atoms with Gasteiger partial charge in [0.05, 0.1) is 64.0 Å². The third-order valence-electron chi connectivity index (χ3n) is 6.07. The Morgan fingerprint density at radius 1 is 0.500 bits per heavy atom. The molecule has 4 rings (SSSR count). The molecule has 1 aliphatic rings. The maximum absolute atomic E-state index is 13.3. The van der Waals surface area contributed by atoms with Crippen LogP contribution in [0.2, 0.25) is 0 Å². The average Bonchev–Trinajstić information content (AvgIpc) is 2.97. The first kappa shape index (κ1) is 33.0. The lowest BCUT2D eigenvalue weighted by Crippen LogP contribution is -2.35. The quantitative estimate of drug-likeness (QED) is 0.311. The van der Waals surface area contributed by atoms with Crippen LogP contribution in [0.3, 0.4) is 0 Å². The lowest BCUT2D eigenvalue weighted by Gasteiger charge is -2.19. The summed E-state index contributed by atoms with van der Waals surface area (Å²) in [5.41, 5.74) is -6.65. The van der Waals surface area contributed by atoms with Crippen molar-refractivity contribution in [2.45, 2.75) is 12.4 Å². The summed E-state index contributed by atoms with van der Waals surface area (Å²) in [6, 6.07) is 5.20. The Morgan fingerprint density at radius 3 is 1.36 bits per heavy atom. The van der Waals surface area contributed by atoms with Gasteiger partial charge in [-0.2, -0.15) is 26.3 Å². The van der Waals surface area contributed by atoms with Gasteiger partial charge in [-0.1, -0.05) is 0 Å². The van der Waals surface area contributed by atoms with Crippen LogP contribution in [0.5, 0.6) is 11.5 Å². The van der Waals surface area contributed by atoms with Gasteiger partial charge in [-0.25, -0.2) is 0 Å². The summed E-state index contributed by atoms with van der Waals surface area (Å²) in [7, 11) is 0. The van der Waals surface area contributed by atoms with Crippen molar-refractivity contribution in [2.75, 3.05) is 76.7 Å². The van der Waals surface area contributed by atoms with Gasteiger partial charge in [0.25, 0.3) is 10.9 Å². The summed E-state index contributed by atoms with van der Waals surface area (Å²) in [6.07, 6.45) is -10.2. The number of anilines is 4. The molecule has 0 radical (unpaired) electrons. The normalized spacial score (nSPS) is 16.6. The fourth-order valence-corrected chi connectivity index (χ4v) is 3.95. The second-order valence-electron chi connectivity index (χ2n) is 9.26. The highest BCUT2D eigenvalue weighted by atomic mass is 19.4. The van der Waals surface area contributed by atoms with E-state index >= 15 is 0 Å². The third kappa shape index (κ3) is 9.07. The van der Waals surface area contributed by atoms with Crippen molar-refractivity contribution in [2.24, 2.45) is 0 Å². The van der Waals surface area contributed by atoms with Crippen LogP contribution >= 0.6 is 0 Å². The summed E-state index contributed by atoms with van der Waals surface area (Å²) in [4.78, 5) is 24.6. The minimum absolute atomic E-state index is 0.0470. The zero-order valence-electron chi connectivity index (χ0n) is 23.1. The van der Waals surface area contributed by atoms with E-state index in [0.29, 0.717) is 57.5 Å². The van der Waals surface area contributed by atoms with Crippen LogP contribution in [0.4, 0.5) is 49.1 Å². The SMILES string of the molecule is O=c1c(Nc2cc(C(F)(F)F)cc(C(F)(F)F)c2)c(Nc2ccc3c(c2)OCCOCCOCCOCCOCCO3)c1=O. The Hall–Kier alpha value is -3.86. The van der Waals surface area contributed by atoms with Crippen molar-refractivity contribution in [1.29, 1.82) is 0 Å². The van der Waals surface area contributed by atoms with Crippen LogP contribution in [0.15, 0.2) is 46.0 Å². The molecule has 0 amide bonds. The smallest absolute Gasteiger partial charge is 0.416 e. The Kier molecular flexibility index (Phi) is 11.1. The van der Waals surface area contributed by atoms with E-state index < -0.39 is 45.7 Å². The Morgan fingerprint density at radius 2 is 0.909 bits per heavy atom. The highest BCUT2D eigenvalue weighted by Crippen LogP contribution is 2.39. The molecule has 0 atom stereocenters. The molecule has 0 fully saturated rings. The first-order valence-electron chi connectivity index (χ1n) is 13.3. The largest absolute Gasteiger partial charge is 0.487 e. The molecule has 44 heavy (non-hydrogen) atoms. The van der Waals surface area contributed by atoms with Gasteiger partial charge in [-0.15, -0.1) is 0 Å². The number of fused-ring (bicyclic) bond motifs is 1. The average molecular weight is 635 g/mol. The number of halogens is 6. The van der Waals surface area contributed by atoms with Gasteiger partial charge in [-0.3, -0.25) is 9.59 Å². The number of hydrogen-bond acceptors (Lipinski definition) is 10. The molecule has 0 bridgehead atoms. The summed E-state index contributed by atoms with van der Waals surface area (Å²) >= 11 is 0. The molecule has 0 spiro atoms. The second kappa shape index (κ2) is 14.7. The van der Waals surface area contributed by atoms with E-state index in [1.165, 1.54) is 18.2 Å². The van der Waals surface area contributed by atoms with Gasteiger partial charge >= 0.3 is 12.4 Å². The minimum Gasteiger partial charge on any atom is -0.487 e. The van der Waals surface area contributed by atoms with E-state index in [4.69, 9.17) is 28.4 Å². The van der Waals surface area contributed by atoms with Crippen molar-refractivity contribution < 1.29 is 54.8 Å². The number of alkyl halides is 6. The van der Waals surface area contributed by atoms with Crippen LogP contribution in [0.1, 0.15) is 11.1 Å². The monoisotopic (exact) mass is 634 g/mol. The van der Waals surface area contributed by atoms with Crippen LogP contribution < -0.4 is 31.0 Å². The summed E-state index contributed by atoms with van der Waals surface area (Å²) in [5.74, 6) is 0.534. The number of benzene rings is 2. The lowest BCUT2D eigenvalue weighted by molar-refractivity contribution is -0.143. The number of rotatable bonds is 4. The molecule has 0 aromatic heterocycles. The number of hydrogen-bond donors (Lipinski definition) is 2. The molecule has 240 valence electrons. The van der Waals surface area contributed by atoms with Gasteiger partial charge in [-0.05, 0) is 30.3 Å². The number of nitrogens with one attached hydrogen (secondary N) is 2. The predicted octanol–water partition coefficient (Wildman–Crippen LogP) is 4.65. The van der Waals surface area contributed by atoms with Crippen LogP contribution in [0, 0.1) is 0 Å². The van der Waals surface area contributed by atoms with Crippen LogP contribution in [-0.2, 0) is 31.3 Å². The molecule has 3 aromatic carbocycles. The van der Waals surface area contributed by atoms with Crippen molar-refractivity contribution in [3.8, 4) is 11.5 Å². The molecule has 1 heterocycles. The van der Waals surface area contributed by atoms with Crippen molar-refractivity contribution >= 4 is 22.7 Å². The zero-order chi connectivity index (χ0) is 31.7. The van der Waals surface area contributed by atoms with E-state index in [-0.39, 0.29) is 49.6 Å². The van der Waals surface area contributed by atoms with Gasteiger partial charge in [0, 0.05) is 17.4 Å². The molecule has 2 N–H and O–H groups in total. The highest BCUT2D eigenvalue weighted by Gasteiger charge is 2.37. The Bertz CT molecular complexity index is 1440. The van der Waals surface area contributed by atoms with Gasteiger partial charge in [0.1, 0.15) is 24.6 Å². The lowest BCUT2D eigenvalue weighted by atomic mass is 10.1.